The molecule has 0 aromatic heterocycles. The molecule has 0 bridgehead atoms. The number of rotatable bonds is 12. The third-order valence-corrected chi connectivity index (χ3v) is 13.2. The summed E-state index contributed by atoms with van der Waals surface area (Å²) in [6, 6.07) is 0.459. The van der Waals surface area contributed by atoms with Gasteiger partial charge in [-0.05, 0) is 84.9 Å². The van der Waals surface area contributed by atoms with Crippen LogP contribution in [0.3, 0.4) is 0 Å². The Hall–Kier alpha value is -1.20. The summed E-state index contributed by atoms with van der Waals surface area (Å²) in [4.78, 5) is 23.0. The van der Waals surface area contributed by atoms with Crippen LogP contribution < -0.4 is 5.73 Å². The van der Waals surface area contributed by atoms with Crippen molar-refractivity contribution in [1.82, 2.24) is 0 Å². The fraction of sp³-hybridized carbons (Fsp3) is 0.886. The number of allylic oxidation sites excluding steroid dienone is 1. The van der Waals surface area contributed by atoms with Crippen molar-refractivity contribution in [2.24, 2.45) is 52.1 Å². The van der Waals surface area contributed by atoms with Gasteiger partial charge < -0.3 is 20.1 Å². The molecule has 4 rings (SSSR count). The van der Waals surface area contributed by atoms with Crippen LogP contribution in [0.4, 0.5) is 0 Å². The molecule has 0 spiro atoms. The van der Waals surface area contributed by atoms with Crippen LogP contribution in [-0.2, 0) is 9.59 Å². The molecule has 3 saturated carbocycles. The molecule has 0 radical (unpaired) electrons. The second kappa shape index (κ2) is 11.8. The lowest BCUT2D eigenvalue weighted by molar-refractivity contribution is -0.916. The molecule has 5 heteroatoms. The van der Waals surface area contributed by atoms with E-state index in [1.807, 2.05) is 0 Å². The third-order valence-electron chi connectivity index (χ3n) is 13.2. The van der Waals surface area contributed by atoms with E-state index in [-0.39, 0.29) is 12.8 Å². The zero-order chi connectivity index (χ0) is 29.5. The van der Waals surface area contributed by atoms with Crippen LogP contribution in [0.1, 0.15) is 118 Å². The van der Waals surface area contributed by atoms with Crippen molar-refractivity contribution in [3.05, 3.63) is 11.6 Å². The van der Waals surface area contributed by atoms with Crippen LogP contribution >= 0.6 is 0 Å². The van der Waals surface area contributed by atoms with E-state index < -0.39 is 11.5 Å². The molecule has 0 aromatic carbocycles. The molecule has 0 saturated heterocycles. The summed E-state index contributed by atoms with van der Waals surface area (Å²) in [5.74, 6) is 4.31. The lowest BCUT2D eigenvalue weighted by Gasteiger charge is -2.59. The van der Waals surface area contributed by atoms with Gasteiger partial charge >= 0.3 is 0 Å². The molecule has 3 fully saturated rings. The van der Waals surface area contributed by atoms with Gasteiger partial charge in [0.25, 0.3) is 0 Å². The van der Waals surface area contributed by atoms with Gasteiger partial charge in [-0.25, -0.2) is 0 Å². The first-order valence-corrected chi connectivity index (χ1v) is 16.7. The first-order valence-electron chi connectivity index (χ1n) is 16.7. The number of carbonyl (C=O) groups excluding carboxylic acids is 2. The van der Waals surface area contributed by atoms with E-state index in [0.717, 1.165) is 46.4 Å². The maximum atomic E-state index is 11.9. The van der Waals surface area contributed by atoms with E-state index in [0.29, 0.717) is 29.7 Å². The summed E-state index contributed by atoms with van der Waals surface area (Å²) in [6.07, 6.45) is 17.9. The molecule has 4 aliphatic rings. The number of aldehydes is 1. The van der Waals surface area contributed by atoms with E-state index in [1.54, 1.807) is 5.57 Å². The predicted molar refractivity (Wildman–Crippen MR) is 163 cm³/mol. The Bertz CT molecular complexity index is 958. The minimum Gasteiger partial charge on any atom is -0.379 e. The van der Waals surface area contributed by atoms with Crippen LogP contribution in [0.25, 0.3) is 0 Å². The highest BCUT2D eigenvalue weighted by molar-refractivity contribution is 5.85. The normalized spacial score (nSPS) is 38.0. The summed E-state index contributed by atoms with van der Waals surface area (Å²) >= 11 is 0. The fourth-order valence-electron chi connectivity index (χ4n) is 10.4. The summed E-state index contributed by atoms with van der Waals surface area (Å²) in [7, 11) is 4.43. The van der Waals surface area contributed by atoms with Crippen LogP contribution in [0.5, 0.6) is 0 Å². The molecule has 5 nitrogen and oxygen atoms in total. The van der Waals surface area contributed by atoms with Gasteiger partial charge in [-0.3, -0.25) is 4.79 Å². The lowest BCUT2D eigenvalue weighted by atomic mass is 9.46. The Labute approximate surface area is 245 Å². The number of hydrogen-bond donors (Lipinski definition) is 2. The Kier molecular flexibility index (Phi) is 9.38. The van der Waals surface area contributed by atoms with E-state index in [1.165, 1.54) is 64.2 Å². The molecule has 9 atom stereocenters. The average molecular weight is 558 g/mol. The number of primary amides is 1. The molecule has 4 unspecified atom stereocenters. The smallest absolute Gasteiger partial charge is 0.250 e. The van der Waals surface area contributed by atoms with Crippen LogP contribution in [0, 0.1) is 46.3 Å². The number of hydrogen-bond acceptors (Lipinski definition) is 3. The van der Waals surface area contributed by atoms with Gasteiger partial charge in [-0.2, -0.15) is 0 Å². The van der Waals surface area contributed by atoms with Gasteiger partial charge in [0.1, 0.15) is 6.29 Å². The molecule has 0 heterocycles. The first-order chi connectivity index (χ1) is 18.7. The van der Waals surface area contributed by atoms with Gasteiger partial charge in [0, 0.05) is 25.7 Å². The number of amides is 1. The quantitative estimate of drug-likeness (QED) is 0.160. The number of aliphatic hydroxyl groups is 1. The van der Waals surface area contributed by atoms with E-state index >= 15 is 0 Å². The Morgan fingerprint density at radius 1 is 1.12 bits per heavy atom. The third kappa shape index (κ3) is 5.85. The maximum Gasteiger partial charge on any atom is 0.250 e. The van der Waals surface area contributed by atoms with Crippen molar-refractivity contribution in [3.63, 3.8) is 0 Å². The first kappa shape index (κ1) is 31.7. The summed E-state index contributed by atoms with van der Waals surface area (Å²) in [6.45, 7) is 13.2. The molecule has 4 aliphatic carbocycles. The zero-order valence-corrected chi connectivity index (χ0v) is 26.9. The molecule has 228 valence electrons. The SMILES string of the molecule is CC(C)CCC[C@@H](C)[C@H]1CCC2C3CC=C4C[C@@H]([N+](C)(C)CCC(O)(CC=O)C(N)=O)CC[C@]4(C)C3CC[C@@]21C. The summed E-state index contributed by atoms with van der Waals surface area (Å²) in [5.41, 5.74) is 6.24. The second-order valence-corrected chi connectivity index (χ2v) is 16.2. The van der Waals surface area contributed by atoms with E-state index in [4.69, 9.17) is 5.73 Å². The average Bonchev–Trinajstić information content (AvgIpc) is 3.24. The topological polar surface area (TPSA) is 80.4 Å². The minimum absolute atomic E-state index is 0.225. The molecule has 40 heavy (non-hydrogen) atoms. The van der Waals surface area contributed by atoms with Gasteiger partial charge in [0.05, 0.1) is 26.7 Å². The van der Waals surface area contributed by atoms with E-state index in [2.05, 4.69) is 54.8 Å². The summed E-state index contributed by atoms with van der Waals surface area (Å²) < 4.78 is 0.743. The van der Waals surface area contributed by atoms with Crippen molar-refractivity contribution in [3.8, 4) is 0 Å². The fourth-order valence-corrected chi connectivity index (χ4v) is 10.4. The molecule has 3 N–H and O–H groups in total. The van der Waals surface area contributed by atoms with Crippen LogP contribution in [0.2, 0.25) is 0 Å². The maximum absolute atomic E-state index is 11.9. The van der Waals surface area contributed by atoms with Crippen molar-refractivity contribution < 1.29 is 19.2 Å². The van der Waals surface area contributed by atoms with Gasteiger partial charge in [0.15, 0.2) is 5.60 Å². The van der Waals surface area contributed by atoms with Crippen molar-refractivity contribution in [1.29, 1.82) is 0 Å². The second-order valence-electron chi connectivity index (χ2n) is 16.2. The highest BCUT2D eigenvalue weighted by Crippen LogP contribution is 2.67. The Morgan fingerprint density at radius 3 is 2.50 bits per heavy atom. The van der Waals surface area contributed by atoms with Crippen molar-refractivity contribution >= 4 is 12.2 Å². The highest BCUT2D eigenvalue weighted by Gasteiger charge is 2.59. The molecule has 0 aromatic rings. The largest absolute Gasteiger partial charge is 0.379 e. The van der Waals surface area contributed by atoms with Crippen LogP contribution in [0.15, 0.2) is 11.6 Å². The highest BCUT2D eigenvalue weighted by atomic mass is 16.3. The van der Waals surface area contributed by atoms with Crippen LogP contribution in [-0.4, -0.2) is 54.1 Å². The van der Waals surface area contributed by atoms with Gasteiger partial charge in [0.2, 0.25) is 5.91 Å². The van der Waals surface area contributed by atoms with E-state index in [9.17, 15) is 14.7 Å². The number of nitrogens with zero attached hydrogens (tertiary/aromatic N) is 1. The Morgan fingerprint density at radius 2 is 1.85 bits per heavy atom. The number of carbonyl (C=O) groups is 2. The zero-order valence-electron chi connectivity index (χ0n) is 26.9. The van der Waals surface area contributed by atoms with Crippen molar-refractivity contribution in [2.45, 2.75) is 130 Å². The number of quaternary nitrogens is 1. The molecular weight excluding hydrogens is 496 g/mol. The molecular formula is C35H61N2O3+. The standard InChI is InChI=1S/C35H60N2O3/c1-24(2)9-8-10-25(3)29-13-14-30-28-12-11-26-23-27(15-17-33(26,4)31(28)16-18-34(29,30)5)37(6,7)21-19-35(40,20-22-38)32(36)39/h11,22,24-25,27-31,40H,8-10,12-21,23H2,1-7H3,(H-,36,39)/p+1/t25-,27+,28?,29-,30?,31?,33+,34-,35?/m1/s1. The minimum atomic E-state index is -1.74. The lowest BCUT2D eigenvalue weighted by Crippen LogP contribution is -2.57. The number of nitrogens with two attached hydrogens (primary N) is 1. The molecule has 0 aliphatic heterocycles. The Balaban J connectivity index is 1.43. The van der Waals surface area contributed by atoms with Crippen molar-refractivity contribution in [2.75, 3.05) is 20.6 Å². The summed E-state index contributed by atoms with van der Waals surface area (Å²) in [5, 5.41) is 10.7. The van der Waals surface area contributed by atoms with Gasteiger partial charge in [-0.15, -0.1) is 0 Å². The monoisotopic (exact) mass is 557 g/mol. The predicted octanol–water partition coefficient (Wildman–Crippen LogP) is 6.67. The molecule has 1 amide bonds. The number of fused-ring (bicyclic) bond motifs is 5. The van der Waals surface area contributed by atoms with Gasteiger partial charge in [-0.1, -0.05) is 65.5 Å².